The number of hydrogen-bond donors (Lipinski definition) is 2. The number of aromatic nitrogens is 2. The SMILES string of the molecule is CCC1(Nc2c(N)c(C)nn2C)CCC1. The highest BCUT2D eigenvalue weighted by Crippen LogP contribution is 2.39. The average Bonchev–Trinajstić information content (AvgIpc) is 2.37. The van der Waals surface area contributed by atoms with Crippen molar-refractivity contribution >= 4 is 11.5 Å². The van der Waals surface area contributed by atoms with Crippen molar-refractivity contribution < 1.29 is 0 Å². The smallest absolute Gasteiger partial charge is 0.148 e. The third-order valence-electron chi connectivity index (χ3n) is 3.64. The van der Waals surface area contributed by atoms with Crippen LogP contribution in [0.25, 0.3) is 0 Å². The fraction of sp³-hybridized carbons (Fsp3) is 0.727. The van der Waals surface area contributed by atoms with Gasteiger partial charge in [-0.2, -0.15) is 5.10 Å². The fourth-order valence-electron chi connectivity index (χ4n) is 2.24. The van der Waals surface area contributed by atoms with Gasteiger partial charge in [0, 0.05) is 12.6 Å². The molecule has 0 aromatic carbocycles. The number of nitrogens with two attached hydrogens (primary N) is 1. The Labute approximate surface area is 90.8 Å². The van der Waals surface area contributed by atoms with Crippen molar-refractivity contribution in [3.05, 3.63) is 5.69 Å². The van der Waals surface area contributed by atoms with Crippen LogP contribution in [0.2, 0.25) is 0 Å². The minimum Gasteiger partial charge on any atom is -0.394 e. The molecule has 3 N–H and O–H groups in total. The van der Waals surface area contributed by atoms with Gasteiger partial charge in [-0.05, 0) is 32.6 Å². The Morgan fingerprint density at radius 1 is 1.53 bits per heavy atom. The van der Waals surface area contributed by atoms with Crippen molar-refractivity contribution in [2.24, 2.45) is 7.05 Å². The van der Waals surface area contributed by atoms with E-state index in [2.05, 4.69) is 17.3 Å². The molecule has 1 heterocycles. The molecule has 0 atom stereocenters. The zero-order chi connectivity index (χ0) is 11.1. The van der Waals surface area contributed by atoms with Crippen molar-refractivity contribution in [1.29, 1.82) is 0 Å². The lowest BCUT2D eigenvalue weighted by atomic mass is 9.75. The predicted molar refractivity (Wildman–Crippen MR) is 62.9 cm³/mol. The van der Waals surface area contributed by atoms with Gasteiger partial charge in [0.1, 0.15) is 5.82 Å². The lowest BCUT2D eigenvalue weighted by molar-refractivity contribution is 0.268. The third kappa shape index (κ3) is 1.58. The number of rotatable bonds is 3. The van der Waals surface area contributed by atoms with Crippen LogP contribution in [0.15, 0.2) is 0 Å². The summed E-state index contributed by atoms with van der Waals surface area (Å²) in [4.78, 5) is 0. The summed E-state index contributed by atoms with van der Waals surface area (Å²) in [5, 5.41) is 7.89. The van der Waals surface area contributed by atoms with Crippen LogP contribution in [0.3, 0.4) is 0 Å². The van der Waals surface area contributed by atoms with Crippen LogP contribution in [-0.2, 0) is 7.05 Å². The Morgan fingerprint density at radius 3 is 2.53 bits per heavy atom. The Bertz CT molecular complexity index is 357. The first-order valence-electron chi connectivity index (χ1n) is 5.65. The molecule has 2 rings (SSSR count). The van der Waals surface area contributed by atoms with E-state index in [4.69, 9.17) is 5.73 Å². The van der Waals surface area contributed by atoms with Crippen LogP contribution in [0, 0.1) is 6.92 Å². The maximum Gasteiger partial charge on any atom is 0.148 e. The van der Waals surface area contributed by atoms with E-state index >= 15 is 0 Å². The van der Waals surface area contributed by atoms with Crippen LogP contribution in [-0.4, -0.2) is 15.3 Å². The summed E-state index contributed by atoms with van der Waals surface area (Å²) in [6.45, 7) is 4.17. The molecule has 1 fully saturated rings. The number of anilines is 2. The van der Waals surface area contributed by atoms with Crippen molar-refractivity contribution in [1.82, 2.24) is 9.78 Å². The van der Waals surface area contributed by atoms with Crippen molar-refractivity contribution in [3.8, 4) is 0 Å². The van der Waals surface area contributed by atoms with Crippen LogP contribution in [0.4, 0.5) is 11.5 Å². The molecular weight excluding hydrogens is 188 g/mol. The Balaban J connectivity index is 2.23. The number of nitrogens with one attached hydrogen (secondary N) is 1. The second-order valence-electron chi connectivity index (χ2n) is 4.58. The van der Waals surface area contributed by atoms with E-state index < -0.39 is 0 Å². The van der Waals surface area contributed by atoms with Gasteiger partial charge < -0.3 is 11.1 Å². The van der Waals surface area contributed by atoms with Gasteiger partial charge in [-0.1, -0.05) is 6.92 Å². The molecule has 0 unspecified atom stereocenters. The second kappa shape index (κ2) is 3.43. The molecule has 84 valence electrons. The molecule has 0 radical (unpaired) electrons. The van der Waals surface area contributed by atoms with Crippen LogP contribution in [0.5, 0.6) is 0 Å². The van der Waals surface area contributed by atoms with E-state index in [9.17, 15) is 0 Å². The zero-order valence-electron chi connectivity index (χ0n) is 9.80. The third-order valence-corrected chi connectivity index (χ3v) is 3.64. The molecule has 4 nitrogen and oxygen atoms in total. The van der Waals surface area contributed by atoms with Crippen LogP contribution in [0.1, 0.15) is 38.3 Å². The molecule has 0 saturated heterocycles. The molecule has 1 saturated carbocycles. The Hall–Kier alpha value is -1.19. The standard InChI is InChI=1S/C11H20N4/c1-4-11(6-5-7-11)13-10-9(12)8(2)14-15(10)3/h13H,4-7,12H2,1-3H3. The summed E-state index contributed by atoms with van der Waals surface area (Å²) in [7, 11) is 1.94. The maximum absolute atomic E-state index is 6.00. The molecule has 0 amide bonds. The first-order valence-corrected chi connectivity index (χ1v) is 5.65. The van der Waals surface area contributed by atoms with Gasteiger partial charge in [0.05, 0.1) is 11.4 Å². The summed E-state index contributed by atoms with van der Waals surface area (Å²) < 4.78 is 1.85. The lowest BCUT2D eigenvalue weighted by Crippen LogP contribution is -2.44. The normalized spacial score (nSPS) is 18.6. The minimum absolute atomic E-state index is 0.272. The van der Waals surface area contributed by atoms with Gasteiger partial charge in [0.15, 0.2) is 0 Å². The summed E-state index contributed by atoms with van der Waals surface area (Å²) >= 11 is 0. The van der Waals surface area contributed by atoms with E-state index in [1.165, 1.54) is 19.3 Å². The molecule has 15 heavy (non-hydrogen) atoms. The van der Waals surface area contributed by atoms with Gasteiger partial charge >= 0.3 is 0 Å². The van der Waals surface area contributed by atoms with Gasteiger partial charge in [-0.15, -0.1) is 0 Å². The highest BCUT2D eigenvalue weighted by molar-refractivity contribution is 5.65. The molecule has 1 aliphatic rings. The van der Waals surface area contributed by atoms with Crippen molar-refractivity contribution in [2.45, 2.75) is 45.1 Å². The largest absolute Gasteiger partial charge is 0.394 e. The molecule has 1 aromatic heterocycles. The lowest BCUT2D eigenvalue weighted by Gasteiger charge is -2.42. The van der Waals surface area contributed by atoms with Gasteiger partial charge in [-0.25, -0.2) is 0 Å². The van der Waals surface area contributed by atoms with Crippen molar-refractivity contribution in [2.75, 3.05) is 11.1 Å². The molecule has 0 spiro atoms. The van der Waals surface area contributed by atoms with Gasteiger partial charge in [-0.3, -0.25) is 4.68 Å². The zero-order valence-corrected chi connectivity index (χ0v) is 9.80. The molecule has 1 aromatic rings. The van der Waals surface area contributed by atoms with Crippen LogP contribution < -0.4 is 11.1 Å². The molecule has 0 bridgehead atoms. The fourth-order valence-corrected chi connectivity index (χ4v) is 2.24. The Morgan fingerprint density at radius 2 is 2.20 bits per heavy atom. The molecule has 4 heteroatoms. The predicted octanol–water partition coefficient (Wildman–Crippen LogP) is 2.06. The molecule has 0 aliphatic heterocycles. The summed E-state index contributed by atoms with van der Waals surface area (Å²) in [5.74, 6) is 0.981. The van der Waals surface area contributed by atoms with Gasteiger partial charge in [0.2, 0.25) is 0 Å². The van der Waals surface area contributed by atoms with E-state index in [1.54, 1.807) is 0 Å². The highest BCUT2D eigenvalue weighted by Gasteiger charge is 2.36. The summed E-state index contributed by atoms with van der Waals surface area (Å²) in [5.41, 5.74) is 7.97. The van der Waals surface area contributed by atoms with E-state index in [0.717, 1.165) is 23.6 Å². The number of nitrogens with zero attached hydrogens (tertiary/aromatic N) is 2. The highest BCUT2D eigenvalue weighted by atomic mass is 15.3. The number of aryl methyl sites for hydroxylation is 2. The second-order valence-corrected chi connectivity index (χ2v) is 4.58. The molecule has 1 aliphatic carbocycles. The average molecular weight is 208 g/mol. The Kier molecular flexibility index (Phi) is 2.37. The maximum atomic E-state index is 6.00. The van der Waals surface area contributed by atoms with Crippen molar-refractivity contribution in [3.63, 3.8) is 0 Å². The van der Waals surface area contributed by atoms with Crippen LogP contribution >= 0.6 is 0 Å². The van der Waals surface area contributed by atoms with E-state index in [1.807, 2.05) is 18.7 Å². The summed E-state index contributed by atoms with van der Waals surface area (Å²) in [6.07, 6.45) is 4.95. The quantitative estimate of drug-likeness (QED) is 0.799. The van der Waals surface area contributed by atoms with E-state index in [0.29, 0.717) is 0 Å². The number of hydrogen-bond acceptors (Lipinski definition) is 3. The monoisotopic (exact) mass is 208 g/mol. The first kappa shape index (κ1) is 10.3. The minimum atomic E-state index is 0.272. The van der Waals surface area contributed by atoms with Gasteiger partial charge in [0.25, 0.3) is 0 Å². The first-order chi connectivity index (χ1) is 7.08. The molecular formula is C11H20N4. The number of nitrogen functional groups attached to an aromatic ring is 1. The summed E-state index contributed by atoms with van der Waals surface area (Å²) in [6, 6.07) is 0. The van der Waals surface area contributed by atoms with E-state index in [-0.39, 0.29) is 5.54 Å². The topological polar surface area (TPSA) is 55.9 Å².